The number of fused-ring (bicyclic) bond motifs is 13. The number of rotatable bonds is 3. The number of hydrogen-bond donors (Lipinski definition) is 0. The molecule has 1 unspecified atom stereocenters. The molecule has 308 valence electrons. The standard InChI is InChI=1S/C62H55N/c1-59(2,3)49-34-33-48-57-46-24-13-12-23-43(46)53(60(4,5)6)37-56(57)62(52-28-18-25-47(49)58(48)52)51-27-17-15-22-42(51)45-32-30-40(36-55(45)62)63(38-19-10-9-11-20-38)39-29-31-44-41-21-14-16-26-50(41)61(7,8)54(44)35-39/h9-14,16-21,23-37H,15,22H2,1-8H3. The molecule has 0 fully saturated rings. The lowest BCUT2D eigenvalue weighted by atomic mass is 9.58. The lowest BCUT2D eigenvalue weighted by Crippen LogP contribution is -2.34. The van der Waals surface area contributed by atoms with Gasteiger partial charge in [-0.15, -0.1) is 0 Å². The van der Waals surface area contributed by atoms with Crippen LogP contribution in [-0.4, -0.2) is 0 Å². The highest BCUT2D eigenvalue weighted by molar-refractivity contribution is 6.15. The summed E-state index contributed by atoms with van der Waals surface area (Å²) in [5, 5.41) is 5.46. The molecular weight excluding hydrogens is 759 g/mol. The summed E-state index contributed by atoms with van der Waals surface area (Å²) >= 11 is 0. The Hall–Kier alpha value is -6.44. The summed E-state index contributed by atoms with van der Waals surface area (Å²) < 4.78 is 0. The van der Waals surface area contributed by atoms with Crippen LogP contribution in [0.25, 0.3) is 49.4 Å². The lowest BCUT2D eigenvalue weighted by molar-refractivity contribution is 0.593. The summed E-state index contributed by atoms with van der Waals surface area (Å²) in [7, 11) is 0. The third-order valence-corrected chi connectivity index (χ3v) is 15.2. The van der Waals surface area contributed by atoms with Gasteiger partial charge < -0.3 is 4.90 Å². The minimum atomic E-state index is -0.538. The van der Waals surface area contributed by atoms with Crippen molar-refractivity contribution in [3.8, 4) is 22.3 Å². The van der Waals surface area contributed by atoms with Gasteiger partial charge in [-0.05, 0) is 160 Å². The maximum atomic E-state index is 2.64. The summed E-state index contributed by atoms with van der Waals surface area (Å²) in [6.45, 7) is 19.0. The smallest absolute Gasteiger partial charge is 0.0723 e. The van der Waals surface area contributed by atoms with E-state index < -0.39 is 5.41 Å². The van der Waals surface area contributed by atoms with Gasteiger partial charge in [0, 0.05) is 22.5 Å². The Labute approximate surface area is 373 Å². The highest BCUT2D eigenvalue weighted by atomic mass is 15.1. The molecule has 1 nitrogen and oxygen atoms in total. The van der Waals surface area contributed by atoms with Crippen LogP contribution in [0.2, 0.25) is 0 Å². The monoisotopic (exact) mass is 813 g/mol. The fourth-order valence-corrected chi connectivity index (χ4v) is 12.4. The fourth-order valence-electron chi connectivity index (χ4n) is 12.4. The molecule has 0 aliphatic heterocycles. The molecule has 1 atom stereocenters. The van der Waals surface area contributed by atoms with Gasteiger partial charge in [0.05, 0.1) is 5.41 Å². The van der Waals surface area contributed by atoms with Crippen LogP contribution in [0.3, 0.4) is 0 Å². The molecule has 0 saturated carbocycles. The van der Waals surface area contributed by atoms with Crippen LogP contribution in [0, 0.1) is 0 Å². The molecule has 0 N–H and O–H groups in total. The zero-order valence-electron chi connectivity index (χ0n) is 37.9. The molecule has 0 bridgehead atoms. The van der Waals surface area contributed by atoms with Gasteiger partial charge in [0.25, 0.3) is 0 Å². The van der Waals surface area contributed by atoms with E-state index in [1.54, 1.807) is 0 Å². The second-order valence-corrected chi connectivity index (χ2v) is 21.2. The Kier molecular flexibility index (Phi) is 7.93. The van der Waals surface area contributed by atoms with Gasteiger partial charge in [-0.3, -0.25) is 0 Å². The Morgan fingerprint density at radius 1 is 0.460 bits per heavy atom. The summed E-state index contributed by atoms with van der Waals surface area (Å²) in [6, 6.07) is 58.7. The number of anilines is 3. The zero-order chi connectivity index (χ0) is 43.2. The van der Waals surface area contributed by atoms with E-state index in [2.05, 4.69) is 224 Å². The van der Waals surface area contributed by atoms with Gasteiger partial charge in [0.15, 0.2) is 0 Å². The van der Waals surface area contributed by atoms with E-state index in [9.17, 15) is 0 Å². The van der Waals surface area contributed by atoms with Gasteiger partial charge in [0.2, 0.25) is 0 Å². The largest absolute Gasteiger partial charge is 0.310 e. The van der Waals surface area contributed by atoms with Gasteiger partial charge in [-0.25, -0.2) is 0 Å². The van der Waals surface area contributed by atoms with Crippen molar-refractivity contribution in [1.82, 2.24) is 0 Å². The average Bonchev–Trinajstić information content (AvgIpc) is 3.69. The summed E-state index contributed by atoms with van der Waals surface area (Å²) in [5.41, 5.74) is 22.3. The number of allylic oxidation sites excluding steroid dienone is 4. The third-order valence-electron chi connectivity index (χ3n) is 15.2. The van der Waals surface area contributed by atoms with Crippen LogP contribution in [-0.2, 0) is 21.7 Å². The first-order chi connectivity index (χ1) is 30.3. The van der Waals surface area contributed by atoms with Crippen molar-refractivity contribution >= 4 is 44.2 Å². The van der Waals surface area contributed by atoms with E-state index in [0.29, 0.717) is 0 Å². The third kappa shape index (κ3) is 5.17. The van der Waals surface area contributed by atoms with Crippen molar-refractivity contribution in [2.45, 2.75) is 89.9 Å². The topological polar surface area (TPSA) is 3.24 Å². The van der Waals surface area contributed by atoms with Crippen LogP contribution < -0.4 is 4.90 Å². The molecule has 8 aromatic rings. The normalized spacial score (nSPS) is 17.8. The first-order valence-corrected chi connectivity index (χ1v) is 23.1. The molecular formula is C62H55N. The van der Waals surface area contributed by atoms with E-state index >= 15 is 0 Å². The van der Waals surface area contributed by atoms with Crippen LogP contribution in [0.5, 0.6) is 0 Å². The number of hydrogen-bond acceptors (Lipinski definition) is 1. The predicted molar refractivity (Wildman–Crippen MR) is 268 cm³/mol. The molecule has 12 rings (SSSR count). The van der Waals surface area contributed by atoms with E-state index in [-0.39, 0.29) is 16.2 Å². The van der Waals surface area contributed by atoms with Crippen LogP contribution >= 0.6 is 0 Å². The van der Waals surface area contributed by atoms with Crippen LogP contribution in [0.4, 0.5) is 17.1 Å². The molecule has 0 saturated heterocycles. The highest BCUT2D eigenvalue weighted by Gasteiger charge is 2.52. The molecule has 0 amide bonds. The first kappa shape index (κ1) is 38.3. The molecule has 1 heteroatoms. The SMILES string of the molecule is CC(C)(C)c1cc2c(c3ccccc13)-c1ccc(C(C)(C)C)c3cccc(c13)C21C2=C(CCC=C2)c2ccc(N(c3ccccc3)c3ccc4c(c3)C(C)(C)c3ccccc3-4)cc21. The van der Waals surface area contributed by atoms with Crippen LogP contribution in [0.1, 0.15) is 113 Å². The quantitative estimate of drug-likeness (QED) is 0.172. The second-order valence-electron chi connectivity index (χ2n) is 21.2. The molecule has 0 radical (unpaired) electrons. The summed E-state index contributed by atoms with van der Waals surface area (Å²) in [4.78, 5) is 2.51. The number of benzene rings is 8. The summed E-state index contributed by atoms with van der Waals surface area (Å²) in [5.74, 6) is 0. The molecule has 0 aromatic heterocycles. The Bertz CT molecular complexity index is 3320. The van der Waals surface area contributed by atoms with Crippen molar-refractivity contribution in [3.05, 3.63) is 214 Å². The Morgan fingerprint density at radius 2 is 1.08 bits per heavy atom. The molecule has 4 aliphatic carbocycles. The van der Waals surface area contributed by atoms with Crippen molar-refractivity contribution in [3.63, 3.8) is 0 Å². The molecule has 63 heavy (non-hydrogen) atoms. The van der Waals surface area contributed by atoms with E-state index in [0.717, 1.165) is 18.5 Å². The number of nitrogens with zero attached hydrogens (tertiary/aromatic N) is 1. The predicted octanol–water partition coefficient (Wildman–Crippen LogP) is 16.8. The van der Waals surface area contributed by atoms with Crippen molar-refractivity contribution in [1.29, 1.82) is 0 Å². The zero-order valence-corrected chi connectivity index (χ0v) is 37.9. The maximum Gasteiger partial charge on any atom is 0.0723 e. The number of para-hydroxylation sites is 1. The van der Waals surface area contributed by atoms with Crippen molar-refractivity contribution in [2.75, 3.05) is 4.90 Å². The Morgan fingerprint density at radius 3 is 1.84 bits per heavy atom. The minimum Gasteiger partial charge on any atom is -0.310 e. The van der Waals surface area contributed by atoms with E-state index in [4.69, 9.17) is 0 Å². The highest BCUT2D eigenvalue weighted by Crippen LogP contribution is 2.65. The first-order valence-electron chi connectivity index (χ1n) is 23.1. The maximum absolute atomic E-state index is 2.64. The van der Waals surface area contributed by atoms with E-state index in [1.807, 2.05) is 0 Å². The summed E-state index contributed by atoms with van der Waals surface area (Å²) in [6.07, 6.45) is 7.04. The minimum absolute atomic E-state index is 0.0271. The van der Waals surface area contributed by atoms with Gasteiger partial charge >= 0.3 is 0 Å². The van der Waals surface area contributed by atoms with E-state index in [1.165, 1.54) is 111 Å². The average molecular weight is 814 g/mol. The molecule has 1 spiro atoms. The van der Waals surface area contributed by atoms with Gasteiger partial charge in [0.1, 0.15) is 0 Å². The van der Waals surface area contributed by atoms with Crippen molar-refractivity contribution in [2.24, 2.45) is 0 Å². The second kappa shape index (κ2) is 13.1. The van der Waals surface area contributed by atoms with Gasteiger partial charge in [-0.2, -0.15) is 0 Å². The molecule has 4 aliphatic rings. The van der Waals surface area contributed by atoms with Gasteiger partial charge in [-0.1, -0.05) is 183 Å². The Balaban J connectivity index is 1.20. The van der Waals surface area contributed by atoms with Crippen molar-refractivity contribution < 1.29 is 0 Å². The lowest BCUT2D eigenvalue weighted by Gasteiger charge is -2.43. The van der Waals surface area contributed by atoms with Crippen LogP contribution in [0.15, 0.2) is 169 Å². The molecule has 0 heterocycles. The molecule has 8 aromatic carbocycles. The fraction of sp³-hybridized carbons (Fsp3) is 0.226.